The highest BCUT2D eigenvalue weighted by Gasteiger charge is 2.29. The fourth-order valence-electron chi connectivity index (χ4n) is 2.57. The first kappa shape index (κ1) is 19.6. The molecule has 1 aromatic heterocycles. The first-order valence-electron chi connectivity index (χ1n) is 7.37. The molecule has 1 unspecified atom stereocenters. The lowest BCUT2D eigenvalue weighted by atomic mass is 10.1. The van der Waals surface area contributed by atoms with Gasteiger partial charge in [0.15, 0.2) is 0 Å². The number of hydroxylamine groups is 2. The zero-order chi connectivity index (χ0) is 18.7. The topological polar surface area (TPSA) is 47.4 Å². The van der Waals surface area contributed by atoms with Crippen LogP contribution in [0.5, 0.6) is 0 Å². The Morgan fingerprint density at radius 2 is 1.92 bits per heavy atom. The van der Waals surface area contributed by atoms with E-state index in [0.29, 0.717) is 16.5 Å². The van der Waals surface area contributed by atoms with Crippen molar-refractivity contribution in [1.82, 2.24) is 14.8 Å². The molecule has 1 atom stereocenters. The van der Waals surface area contributed by atoms with Crippen LogP contribution in [0.2, 0.25) is 10.0 Å². The van der Waals surface area contributed by atoms with E-state index in [1.165, 1.54) is 25.0 Å². The van der Waals surface area contributed by atoms with Crippen molar-refractivity contribution in [2.24, 2.45) is 7.05 Å². The van der Waals surface area contributed by atoms with Crippen LogP contribution in [0.4, 0.5) is 8.78 Å². The lowest BCUT2D eigenvalue weighted by Gasteiger charge is -2.26. The molecule has 136 valence electrons. The zero-order valence-corrected chi connectivity index (χ0v) is 15.4. The van der Waals surface area contributed by atoms with Gasteiger partial charge in [-0.1, -0.05) is 23.2 Å². The number of benzene rings is 1. The van der Waals surface area contributed by atoms with E-state index >= 15 is 0 Å². The van der Waals surface area contributed by atoms with Crippen LogP contribution >= 0.6 is 23.2 Å². The van der Waals surface area contributed by atoms with Gasteiger partial charge in [-0.05, 0) is 37.1 Å². The second-order valence-corrected chi connectivity index (χ2v) is 6.42. The van der Waals surface area contributed by atoms with E-state index in [1.54, 1.807) is 25.1 Å². The normalized spacial score (nSPS) is 12.5. The number of rotatable bonds is 6. The number of amides is 1. The number of carbonyl (C=O) groups excluding carboxylic acids is 1. The number of nitrogens with zero attached hydrogens (tertiary/aromatic N) is 3. The van der Waals surface area contributed by atoms with E-state index < -0.39 is 24.1 Å². The van der Waals surface area contributed by atoms with Gasteiger partial charge < -0.3 is 0 Å². The van der Waals surface area contributed by atoms with Crippen molar-refractivity contribution in [2.75, 3.05) is 7.11 Å². The number of carbonyl (C=O) groups is 1. The van der Waals surface area contributed by atoms with Crippen molar-refractivity contribution in [3.63, 3.8) is 0 Å². The van der Waals surface area contributed by atoms with Gasteiger partial charge in [0.05, 0.1) is 18.7 Å². The molecule has 2 aromatic rings. The monoisotopic (exact) mass is 391 g/mol. The summed E-state index contributed by atoms with van der Waals surface area (Å²) in [5.74, 6) is -0.688. The Hall–Kier alpha value is -1.70. The van der Waals surface area contributed by atoms with Crippen LogP contribution in [-0.4, -0.2) is 33.9 Å². The fraction of sp³-hybridized carbons (Fsp3) is 0.375. The highest BCUT2D eigenvalue weighted by molar-refractivity contribution is 6.34. The summed E-state index contributed by atoms with van der Waals surface area (Å²) in [6.07, 6.45) is -1.23. The SMILES string of the molecule is CON(C(=O)c1cn(C)nc1C(F)F)C(C)Cc1cc(Cl)cc(Cl)c1. The van der Waals surface area contributed by atoms with Crippen LogP contribution in [0.15, 0.2) is 24.4 Å². The minimum Gasteiger partial charge on any atom is -0.275 e. The highest BCUT2D eigenvalue weighted by Crippen LogP contribution is 2.25. The van der Waals surface area contributed by atoms with E-state index in [4.69, 9.17) is 28.0 Å². The standard InChI is InChI=1S/C16H17Cl2F2N3O2/c1-9(4-10-5-11(17)7-12(18)6-10)23(25-3)16(24)13-8-22(2)21-14(13)15(19)20/h5-9,15H,4H2,1-3H3. The first-order valence-corrected chi connectivity index (χ1v) is 8.12. The summed E-state index contributed by atoms with van der Waals surface area (Å²) in [4.78, 5) is 17.8. The zero-order valence-electron chi connectivity index (χ0n) is 13.8. The van der Waals surface area contributed by atoms with Gasteiger partial charge in [-0.3, -0.25) is 14.3 Å². The number of hydrogen-bond acceptors (Lipinski definition) is 3. The average molecular weight is 392 g/mol. The third-order valence-corrected chi connectivity index (χ3v) is 3.98. The van der Waals surface area contributed by atoms with Gasteiger partial charge in [0.2, 0.25) is 0 Å². The Morgan fingerprint density at radius 3 is 2.44 bits per heavy atom. The van der Waals surface area contributed by atoms with Gasteiger partial charge in [0.25, 0.3) is 12.3 Å². The third kappa shape index (κ3) is 4.68. The number of aryl methyl sites for hydroxylation is 1. The van der Waals surface area contributed by atoms with Crippen LogP contribution in [0.3, 0.4) is 0 Å². The highest BCUT2D eigenvalue weighted by atomic mass is 35.5. The molecular weight excluding hydrogens is 375 g/mol. The maximum absolute atomic E-state index is 13.1. The number of halogens is 4. The number of hydrogen-bond donors (Lipinski definition) is 0. The lowest BCUT2D eigenvalue weighted by Crippen LogP contribution is -2.39. The number of alkyl halides is 2. The predicted octanol–water partition coefficient (Wildman–Crippen LogP) is 4.30. The predicted molar refractivity (Wildman–Crippen MR) is 91.0 cm³/mol. The second kappa shape index (κ2) is 8.12. The summed E-state index contributed by atoms with van der Waals surface area (Å²) in [6.45, 7) is 1.73. The summed E-state index contributed by atoms with van der Waals surface area (Å²) >= 11 is 11.9. The molecule has 1 heterocycles. The molecule has 5 nitrogen and oxygen atoms in total. The van der Waals surface area contributed by atoms with Crippen molar-refractivity contribution in [3.8, 4) is 0 Å². The molecule has 0 aliphatic carbocycles. The molecule has 9 heteroatoms. The Morgan fingerprint density at radius 1 is 1.32 bits per heavy atom. The van der Waals surface area contributed by atoms with Crippen molar-refractivity contribution >= 4 is 29.1 Å². The van der Waals surface area contributed by atoms with Crippen LogP contribution in [0.1, 0.15) is 35.0 Å². The van der Waals surface area contributed by atoms with Crippen molar-refractivity contribution in [1.29, 1.82) is 0 Å². The summed E-state index contributed by atoms with van der Waals surface area (Å²) in [6, 6.07) is 4.59. The molecule has 25 heavy (non-hydrogen) atoms. The molecule has 0 saturated carbocycles. The van der Waals surface area contributed by atoms with Crippen LogP contribution in [0.25, 0.3) is 0 Å². The Balaban J connectivity index is 2.24. The van der Waals surface area contributed by atoms with Crippen LogP contribution in [-0.2, 0) is 18.3 Å². The summed E-state index contributed by atoms with van der Waals surface area (Å²) in [5, 5.41) is 5.62. The smallest absolute Gasteiger partial charge is 0.275 e. The van der Waals surface area contributed by atoms with Gasteiger partial charge in [-0.25, -0.2) is 13.8 Å². The molecule has 0 bridgehead atoms. The van der Waals surface area contributed by atoms with Crippen LogP contribution < -0.4 is 0 Å². The molecule has 0 spiro atoms. The van der Waals surface area contributed by atoms with E-state index in [1.807, 2.05) is 0 Å². The molecule has 0 aliphatic heterocycles. The van der Waals surface area contributed by atoms with Crippen molar-refractivity contribution in [3.05, 3.63) is 51.3 Å². The molecular formula is C16H17Cl2F2N3O2. The summed E-state index contributed by atoms with van der Waals surface area (Å²) < 4.78 is 27.3. The fourth-order valence-corrected chi connectivity index (χ4v) is 3.14. The van der Waals surface area contributed by atoms with Crippen molar-refractivity contribution in [2.45, 2.75) is 25.8 Å². The largest absolute Gasteiger partial charge is 0.282 e. The quantitative estimate of drug-likeness (QED) is 0.689. The second-order valence-electron chi connectivity index (χ2n) is 5.55. The molecule has 2 rings (SSSR count). The van der Waals surface area contributed by atoms with Gasteiger partial charge >= 0.3 is 0 Å². The maximum Gasteiger partial charge on any atom is 0.282 e. The minimum atomic E-state index is -2.86. The molecule has 1 amide bonds. The van der Waals surface area contributed by atoms with Gasteiger partial charge in [0, 0.05) is 23.3 Å². The average Bonchev–Trinajstić information content (AvgIpc) is 2.89. The van der Waals surface area contributed by atoms with E-state index in [2.05, 4.69) is 5.10 Å². The Kier molecular flexibility index (Phi) is 6.37. The third-order valence-electron chi connectivity index (χ3n) is 3.55. The van der Waals surface area contributed by atoms with E-state index in [0.717, 1.165) is 10.6 Å². The molecule has 0 aliphatic rings. The molecule has 1 aromatic carbocycles. The van der Waals surface area contributed by atoms with E-state index in [-0.39, 0.29) is 5.56 Å². The molecule has 0 fully saturated rings. The summed E-state index contributed by atoms with van der Waals surface area (Å²) in [7, 11) is 2.77. The molecule has 0 N–H and O–H groups in total. The first-order chi connectivity index (χ1) is 11.7. The van der Waals surface area contributed by atoms with Gasteiger partial charge in [-0.2, -0.15) is 5.10 Å². The van der Waals surface area contributed by atoms with E-state index in [9.17, 15) is 13.6 Å². The van der Waals surface area contributed by atoms with Gasteiger partial charge in [0.1, 0.15) is 5.69 Å². The molecule has 0 saturated heterocycles. The summed E-state index contributed by atoms with van der Waals surface area (Å²) in [5.41, 5.74) is 0.0167. The number of aromatic nitrogens is 2. The minimum absolute atomic E-state index is 0.199. The van der Waals surface area contributed by atoms with Crippen LogP contribution in [0, 0.1) is 0 Å². The lowest BCUT2D eigenvalue weighted by molar-refractivity contribution is -0.119. The molecule has 0 radical (unpaired) electrons. The Bertz CT molecular complexity index is 748. The van der Waals surface area contributed by atoms with Gasteiger partial charge in [-0.15, -0.1) is 0 Å². The Labute approximate surface area is 154 Å². The maximum atomic E-state index is 13.1. The van der Waals surface area contributed by atoms with Crippen molar-refractivity contribution < 1.29 is 18.4 Å².